The van der Waals surface area contributed by atoms with Crippen molar-refractivity contribution in [2.24, 2.45) is 17.1 Å². The Kier molecular flexibility index (Phi) is 5.62. The predicted octanol–water partition coefficient (Wildman–Crippen LogP) is 2.27. The number of carbonyl (C=O) groups excluding carboxylic acids is 3. The monoisotopic (exact) mass is 433 g/mol. The van der Waals surface area contributed by atoms with Gasteiger partial charge in [0.25, 0.3) is 0 Å². The van der Waals surface area contributed by atoms with Crippen LogP contribution >= 0.6 is 11.6 Å². The maximum atomic E-state index is 13.9. The summed E-state index contributed by atoms with van der Waals surface area (Å²) in [5.74, 6) is -1.45. The summed E-state index contributed by atoms with van der Waals surface area (Å²) in [7, 11) is 0. The number of halogens is 1. The van der Waals surface area contributed by atoms with Gasteiger partial charge in [0.2, 0.25) is 11.8 Å². The standard InChI is InChI=1S/C22H28ClN3O4/c1-22(2)6-3-12(4-7-22)17(14-9-25-8-5-13(14)20(24)28)21(29)26-10-15(23)19-18(26)16(27)11-30-19/h5,8-9,12,15,17-19H,3-4,6-7,10-11H2,1-2H3,(H2,24,28)/t15-,17-,18+,19+/m0/s1. The maximum absolute atomic E-state index is 13.9. The van der Waals surface area contributed by atoms with Crippen LogP contribution in [0.2, 0.25) is 0 Å². The number of ether oxygens (including phenoxy) is 1. The highest BCUT2D eigenvalue weighted by molar-refractivity contribution is 6.22. The molecule has 4 atom stereocenters. The Morgan fingerprint density at radius 1 is 1.33 bits per heavy atom. The first-order valence-electron chi connectivity index (χ1n) is 10.5. The summed E-state index contributed by atoms with van der Waals surface area (Å²) >= 11 is 6.42. The number of hydrogen-bond acceptors (Lipinski definition) is 5. The largest absolute Gasteiger partial charge is 0.366 e. The van der Waals surface area contributed by atoms with Crippen LogP contribution in [0.4, 0.5) is 0 Å². The molecule has 3 heterocycles. The molecule has 2 amide bonds. The molecule has 1 aliphatic carbocycles. The van der Waals surface area contributed by atoms with E-state index in [9.17, 15) is 14.4 Å². The second-order valence-corrected chi connectivity index (χ2v) is 10.1. The molecule has 162 valence electrons. The number of nitrogens with two attached hydrogens (primary N) is 1. The smallest absolute Gasteiger partial charge is 0.249 e. The van der Waals surface area contributed by atoms with E-state index in [1.807, 2.05) is 0 Å². The number of Topliss-reactive ketones (excluding diaryl/α,β-unsaturated/α-hetero) is 1. The fraction of sp³-hybridized carbons (Fsp3) is 0.636. The van der Waals surface area contributed by atoms with Crippen molar-refractivity contribution in [3.63, 3.8) is 0 Å². The number of likely N-dealkylation sites (tertiary alicyclic amines) is 1. The number of carbonyl (C=O) groups is 3. The zero-order chi connectivity index (χ0) is 21.6. The van der Waals surface area contributed by atoms with Crippen LogP contribution in [-0.4, -0.2) is 58.2 Å². The van der Waals surface area contributed by atoms with Gasteiger partial charge in [0.1, 0.15) is 18.8 Å². The Morgan fingerprint density at radius 3 is 2.70 bits per heavy atom. The lowest BCUT2D eigenvalue weighted by molar-refractivity contribution is -0.139. The summed E-state index contributed by atoms with van der Waals surface area (Å²) in [5, 5.41) is -0.430. The van der Waals surface area contributed by atoms with Crippen LogP contribution in [0.15, 0.2) is 18.5 Å². The summed E-state index contributed by atoms with van der Waals surface area (Å²) in [6.45, 7) is 4.69. The zero-order valence-corrected chi connectivity index (χ0v) is 18.1. The fourth-order valence-electron chi connectivity index (χ4n) is 5.22. The third-order valence-electron chi connectivity index (χ3n) is 6.98. The minimum absolute atomic E-state index is 0.0238. The highest BCUT2D eigenvalue weighted by atomic mass is 35.5. The molecule has 3 fully saturated rings. The molecule has 2 N–H and O–H groups in total. The average molecular weight is 434 g/mol. The average Bonchev–Trinajstić information content (AvgIpc) is 3.24. The van der Waals surface area contributed by atoms with Gasteiger partial charge in [0, 0.05) is 24.5 Å². The lowest BCUT2D eigenvalue weighted by Crippen LogP contribution is -2.46. The molecule has 1 aromatic rings. The number of ketones is 1. The van der Waals surface area contributed by atoms with Crippen molar-refractivity contribution in [2.75, 3.05) is 13.2 Å². The summed E-state index contributed by atoms with van der Waals surface area (Å²) in [6.07, 6.45) is 6.28. The third kappa shape index (κ3) is 3.73. The van der Waals surface area contributed by atoms with Gasteiger partial charge in [-0.05, 0) is 48.6 Å². The predicted molar refractivity (Wildman–Crippen MR) is 111 cm³/mol. The van der Waals surface area contributed by atoms with E-state index >= 15 is 0 Å². The van der Waals surface area contributed by atoms with E-state index < -0.39 is 29.3 Å². The molecule has 0 radical (unpaired) electrons. The number of hydrogen-bond donors (Lipinski definition) is 1. The van der Waals surface area contributed by atoms with Gasteiger partial charge < -0.3 is 15.4 Å². The first kappa shape index (κ1) is 21.2. The summed E-state index contributed by atoms with van der Waals surface area (Å²) < 4.78 is 5.54. The van der Waals surface area contributed by atoms with Crippen LogP contribution in [0.25, 0.3) is 0 Å². The van der Waals surface area contributed by atoms with Crippen molar-refractivity contribution < 1.29 is 19.1 Å². The van der Waals surface area contributed by atoms with Crippen LogP contribution in [0.3, 0.4) is 0 Å². The number of fused-ring (bicyclic) bond motifs is 1. The van der Waals surface area contributed by atoms with Gasteiger partial charge in [-0.3, -0.25) is 19.4 Å². The van der Waals surface area contributed by atoms with E-state index in [1.54, 1.807) is 17.2 Å². The van der Waals surface area contributed by atoms with E-state index in [0.29, 0.717) is 11.1 Å². The minimum Gasteiger partial charge on any atom is -0.366 e. The quantitative estimate of drug-likeness (QED) is 0.733. The highest BCUT2D eigenvalue weighted by Gasteiger charge is 2.53. The van der Waals surface area contributed by atoms with Gasteiger partial charge in [-0.2, -0.15) is 0 Å². The molecule has 0 spiro atoms. The molecule has 0 aromatic carbocycles. The Balaban J connectivity index is 1.72. The van der Waals surface area contributed by atoms with Gasteiger partial charge in [-0.25, -0.2) is 0 Å². The maximum Gasteiger partial charge on any atom is 0.249 e. The Labute approximate surface area is 181 Å². The van der Waals surface area contributed by atoms with E-state index in [-0.39, 0.29) is 36.2 Å². The van der Waals surface area contributed by atoms with Crippen molar-refractivity contribution in [3.8, 4) is 0 Å². The lowest BCUT2D eigenvalue weighted by atomic mass is 9.67. The number of primary amides is 1. The van der Waals surface area contributed by atoms with Crippen molar-refractivity contribution >= 4 is 29.2 Å². The van der Waals surface area contributed by atoms with Crippen molar-refractivity contribution in [1.82, 2.24) is 9.88 Å². The van der Waals surface area contributed by atoms with Gasteiger partial charge in [-0.15, -0.1) is 11.6 Å². The SMILES string of the molecule is CC1(C)CCC([C@H](C(=O)N2C[C@H](Cl)[C@H]3OCC(=O)[C@H]32)c2cnccc2C(N)=O)CC1. The normalized spacial score (nSPS) is 29.6. The molecule has 7 nitrogen and oxygen atoms in total. The first-order chi connectivity index (χ1) is 14.2. The Hall–Kier alpha value is -1.99. The third-order valence-corrected chi connectivity index (χ3v) is 7.37. The molecule has 1 aromatic heterocycles. The highest BCUT2D eigenvalue weighted by Crippen LogP contribution is 2.45. The number of alkyl halides is 1. The number of nitrogens with zero attached hydrogens (tertiary/aromatic N) is 2. The second kappa shape index (κ2) is 7.93. The van der Waals surface area contributed by atoms with E-state index in [4.69, 9.17) is 22.1 Å². The van der Waals surface area contributed by atoms with Gasteiger partial charge in [-0.1, -0.05) is 13.8 Å². The van der Waals surface area contributed by atoms with Crippen molar-refractivity contribution in [3.05, 3.63) is 29.6 Å². The van der Waals surface area contributed by atoms with Gasteiger partial charge >= 0.3 is 0 Å². The molecular weight excluding hydrogens is 406 g/mol. The minimum atomic E-state index is -0.656. The molecule has 4 rings (SSSR count). The van der Waals surface area contributed by atoms with E-state index in [2.05, 4.69) is 18.8 Å². The topological polar surface area (TPSA) is 103 Å². The number of amides is 2. The lowest BCUT2D eigenvalue weighted by Gasteiger charge is -2.39. The van der Waals surface area contributed by atoms with Crippen LogP contribution in [-0.2, 0) is 14.3 Å². The molecular formula is C22H28ClN3O4. The van der Waals surface area contributed by atoms with E-state index in [1.165, 1.54) is 6.20 Å². The fourth-order valence-corrected chi connectivity index (χ4v) is 5.58. The van der Waals surface area contributed by atoms with Crippen molar-refractivity contribution in [2.45, 2.75) is 63.0 Å². The van der Waals surface area contributed by atoms with Crippen LogP contribution in [0.5, 0.6) is 0 Å². The van der Waals surface area contributed by atoms with Crippen LogP contribution in [0, 0.1) is 11.3 Å². The molecule has 8 heteroatoms. The number of rotatable bonds is 4. The molecule has 2 aliphatic heterocycles. The summed E-state index contributed by atoms with van der Waals surface area (Å²) in [6, 6.07) is 0.905. The van der Waals surface area contributed by atoms with Crippen LogP contribution in [0.1, 0.15) is 61.4 Å². The number of pyridine rings is 1. The summed E-state index contributed by atoms with van der Waals surface area (Å²) in [4.78, 5) is 44.2. The molecule has 0 unspecified atom stereocenters. The Morgan fingerprint density at radius 2 is 2.03 bits per heavy atom. The molecule has 0 bridgehead atoms. The first-order valence-corrected chi connectivity index (χ1v) is 11.0. The second-order valence-electron chi connectivity index (χ2n) is 9.50. The number of aromatic nitrogens is 1. The molecule has 3 aliphatic rings. The Bertz CT molecular complexity index is 864. The molecule has 1 saturated carbocycles. The summed E-state index contributed by atoms with van der Waals surface area (Å²) in [5.41, 5.74) is 6.69. The van der Waals surface area contributed by atoms with Gasteiger partial charge in [0.05, 0.1) is 11.3 Å². The zero-order valence-electron chi connectivity index (χ0n) is 17.3. The van der Waals surface area contributed by atoms with Crippen LogP contribution < -0.4 is 5.73 Å². The van der Waals surface area contributed by atoms with E-state index in [0.717, 1.165) is 25.7 Å². The van der Waals surface area contributed by atoms with Crippen molar-refractivity contribution in [1.29, 1.82) is 0 Å². The van der Waals surface area contributed by atoms with Gasteiger partial charge in [0.15, 0.2) is 5.78 Å². The molecule has 30 heavy (non-hydrogen) atoms. The molecule has 2 saturated heterocycles.